The van der Waals surface area contributed by atoms with Gasteiger partial charge in [0.15, 0.2) is 0 Å². The first-order chi connectivity index (χ1) is 10.1. The van der Waals surface area contributed by atoms with Crippen LogP contribution in [-0.2, 0) is 0 Å². The number of rotatable bonds is 5. The Morgan fingerprint density at radius 1 is 1.33 bits per heavy atom. The molecule has 0 spiro atoms. The van der Waals surface area contributed by atoms with Gasteiger partial charge >= 0.3 is 6.09 Å². The number of halogens is 1. The minimum absolute atomic E-state index is 0.519. The Balaban J connectivity index is 1.65. The molecule has 1 aromatic carbocycles. The molecule has 0 atom stereocenters. The molecule has 7 heteroatoms. The summed E-state index contributed by atoms with van der Waals surface area (Å²) in [5.74, 6) is 0.640. The average Bonchev–Trinajstić information content (AvgIpc) is 2.46. The zero-order chi connectivity index (χ0) is 15.2. The lowest BCUT2D eigenvalue weighted by atomic mass is 10.3. The van der Waals surface area contributed by atoms with E-state index in [1.54, 1.807) is 18.2 Å². The highest BCUT2D eigenvalue weighted by Gasteiger charge is 2.19. The van der Waals surface area contributed by atoms with Crippen LogP contribution in [0.3, 0.4) is 0 Å². The van der Waals surface area contributed by atoms with Crippen molar-refractivity contribution < 1.29 is 14.6 Å². The van der Waals surface area contributed by atoms with E-state index < -0.39 is 6.09 Å². The van der Waals surface area contributed by atoms with Crippen molar-refractivity contribution in [2.75, 3.05) is 45.1 Å². The predicted molar refractivity (Wildman–Crippen MR) is 82.0 cm³/mol. The van der Waals surface area contributed by atoms with E-state index in [0.29, 0.717) is 36.2 Å². The van der Waals surface area contributed by atoms with Gasteiger partial charge in [-0.05, 0) is 24.6 Å². The maximum absolute atomic E-state index is 10.8. The van der Waals surface area contributed by atoms with Crippen molar-refractivity contribution in [3.8, 4) is 5.75 Å². The molecule has 0 aromatic heterocycles. The third-order valence-corrected chi connectivity index (χ3v) is 3.77. The first kappa shape index (κ1) is 15.7. The number of piperazine rings is 1. The molecule has 0 saturated carbocycles. The molecule has 0 radical (unpaired) electrons. The molecule has 2 rings (SSSR count). The molecule has 6 nitrogen and oxygen atoms in total. The van der Waals surface area contributed by atoms with Crippen LogP contribution in [0, 0.1) is 0 Å². The molecule has 1 saturated heterocycles. The molecule has 0 unspecified atom stereocenters. The highest BCUT2D eigenvalue weighted by Crippen LogP contribution is 2.26. The number of carboxylic acid groups (broad SMARTS) is 1. The van der Waals surface area contributed by atoms with Crippen molar-refractivity contribution in [1.29, 1.82) is 0 Å². The molecule has 1 aliphatic rings. The van der Waals surface area contributed by atoms with E-state index in [9.17, 15) is 4.79 Å². The maximum Gasteiger partial charge on any atom is 0.407 e. The number of carbonyl (C=O) groups is 1. The molecule has 1 amide bonds. The quantitative estimate of drug-likeness (QED) is 0.642. The number of benzene rings is 1. The van der Waals surface area contributed by atoms with Crippen molar-refractivity contribution in [1.82, 2.24) is 9.80 Å². The smallest absolute Gasteiger partial charge is 0.407 e. The largest absolute Gasteiger partial charge is 0.492 e. The van der Waals surface area contributed by atoms with Crippen molar-refractivity contribution in [3.63, 3.8) is 0 Å². The fraction of sp³-hybridized carbons (Fsp3) is 0.500. The van der Waals surface area contributed by atoms with Crippen molar-refractivity contribution in [2.24, 2.45) is 0 Å². The fourth-order valence-corrected chi connectivity index (χ4v) is 2.51. The number of ether oxygens (including phenoxy) is 1. The van der Waals surface area contributed by atoms with Crippen LogP contribution in [0.25, 0.3) is 0 Å². The first-order valence-electron chi connectivity index (χ1n) is 6.94. The van der Waals surface area contributed by atoms with Gasteiger partial charge in [-0.3, -0.25) is 4.90 Å². The minimum Gasteiger partial charge on any atom is -0.492 e. The van der Waals surface area contributed by atoms with E-state index in [1.807, 2.05) is 0 Å². The predicted octanol–water partition coefficient (Wildman–Crippen LogP) is 1.99. The number of anilines is 1. The molecule has 3 N–H and O–H groups in total. The zero-order valence-corrected chi connectivity index (χ0v) is 12.6. The lowest BCUT2D eigenvalue weighted by molar-refractivity contribution is 0.103. The highest BCUT2D eigenvalue weighted by molar-refractivity contribution is 6.32. The van der Waals surface area contributed by atoms with E-state index in [4.69, 9.17) is 27.2 Å². The molecule has 1 fully saturated rings. The summed E-state index contributed by atoms with van der Waals surface area (Å²) in [6, 6.07) is 5.19. The molecule has 1 heterocycles. The molecule has 0 aliphatic carbocycles. The Hall–Kier alpha value is -1.66. The summed E-state index contributed by atoms with van der Waals surface area (Å²) in [6.07, 6.45) is 0.0318. The van der Waals surface area contributed by atoms with E-state index in [2.05, 4.69) is 4.90 Å². The summed E-state index contributed by atoms with van der Waals surface area (Å²) in [5, 5.41) is 9.39. The van der Waals surface area contributed by atoms with Crippen molar-refractivity contribution in [3.05, 3.63) is 23.2 Å². The first-order valence-corrected chi connectivity index (χ1v) is 7.32. The summed E-state index contributed by atoms with van der Waals surface area (Å²) < 4.78 is 5.62. The Morgan fingerprint density at radius 2 is 2.05 bits per heavy atom. The number of nitrogens with two attached hydrogens (primary N) is 1. The average molecular weight is 314 g/mol. The second kappa shape index (κ2) is 7.38. The van der Waals surface area contributed by atoms with Gasteiger partial charge in [0.25, 0.3) is 0 Å². The lowest BCUT2D eigenvalue weighted by Gasteiger charge is -2.32. The summed E-state index contributed by atoms with van der Waals surface area (Å²) in [6.45, 7) is 4.15. The van der Waals surface area contributed by atoms with Gasteiger partial charge < -0.3 is 20.5 Å². The Morgan fingerprint density at radius 3 is 2.67 bits per heavy atom. The standard InChI is InChI=1S/C14H20ClN3O3/c15-12-10-11(16)2-3-13(12)21-9-1-4-17-5-7-18(8-6-17)14(19)20/h2-3,10H,1,4-9,16H2,(H,19,20). The van der Waals surface area contributed by atoms with Gasteiger partial charge in [-0.15, -0.1) is 0 Å². The van der Waals surface area contributed by atoms with Crippen molar-refractivity contribution in [2.45, 2.75) is 6.42 Å². The Bertz CT molecular complexity index is 490. The van der Waals surface area contributed by atoms with E-state index >= 15 is 0 Å². The topological polar surface area (TPSA) is 79.0 Å². The van der Waals surface area contributed by atoms with Crippen LogP contribution in [0.2, 0.25) is 5.02 Å². The van der Waals surface area contributed by atoms with Gasteiger partial charge in [0.1, 0.15) is 5.75 Å². The van der Waals surface area contributed by atoms with E-state index in [0.717, 1.165) is 26.1 Å². The van der Waals surface area contributed by atoms with E-state index in [1.165, 1.54) is 4.90 Å². The van der Waals surface area contributed by atoms with Crippen LogP contribution in [-0.4, -0.2) is 60.3 Å². The van der Waals surface area contributed by atoms with E-state index in [-0.39, 0.29) is 0 Å². The van der Waals surface area contributed by atoms with Crippen LogP contribution in [0.15, 0.2) is 18.2 Å². The zero-order valence-electron chi connectivity index (χ0n) is 11.8. The van der Waals surface area contributed by atoms with Crippen LogP contribution < -0.4 is 10.5 Å². The molecule has 0 bridgehead atoms. The summed E-state index contributed by atoms with van der Waals surface area (Å²) in [5.41, 5.74) is 6.23. The fourth-order valence-electron chi connectivity index (χ4n) is 2.27. The van der Waals surface area contributed by atoms with Gasteiger partial charge in [0.2, 0.25) is 0 Å². The van der Waals surface area contributed by atoms with Crippen LogP contribution >= 0.6 is 11.6 Å². The van der Waals surface area contributed by atoms with Gasteiger partial charge in [0, 0.05) is 38.4 Å². The molecule has 21 heavy (non-hydrogen) atoms. The molecular weight excluding hydrogens is 294 g/mol. The summed E-state index contributed by atoms with van der Waals surface area (Å²) >= 11 is 6.03. The normalized spacial score (nSPS) is 16.0. The second-order valence-corrected chi connectivity index (χ2v) is 5.41. The minimum atomic E-state index is -0.837. The number of nitrogens with zero attached hydrogens (tertiary/aromatic N) is 2. The van der Waals surface area contributed by atoms with Crippen molar-refractivity contribution >= 4 is 23.4 Å². The second-order valence-electron chi connectivity index (χ2n) is 5.00. The van der Waals surface area contributed by atoms with Gasteiger partial charge in [-0.1, -0.05) is 11.6 Å². The maximum atomic E-state index is 10.8. The third-order valence-electron chi connectivity index (χ3n) is 3.47. The molecular formula is C14H20ClN3O3. The Kier molecular flexibility index (Phi) is 5.52. The highest BCUT2D eigenvalue weighted by atomic mass is 35.5. The molecule has 116 valence electrons. The number of hydrogen-bond donors (Lipinski definition) is 2. The van der Waals surface area contributed by atoms with Gasteiger partial charge in [-0.2, -0.15) is 0 Å². The van der Waals surface area contributed by atoms with Gasteiger partial charge in [0.05, 0.1) is 11.6 Å². The number of nitrogen functional groups attached to an aromatic ring is 1. The summed E-state index contributed by atoms with van der Waals surface area (Å²) in [4.78, 5) is 14.5. The molecule has 1 aliphatic heterocycles. The van der Waals surface area contributed by atoms with Crippen LogP contribution in [0.4, 0.5) is 10.5 Å². The van der Waals surface area contributed by atoms with Crippen LogP contribution in [0.1, 0.15) is 6.42 Å². The Labute approximate surface area is 129 Å². The number of amides is 1. The monoisotopic (exact) mass is 313 g/mol. The third kappa shape index (κ3) is 4.68. The summed E-state index contributed by atoms with van der Waals surface area (Å²) in [7, 11) is 0. The SMILES string of the molecule is Nc1ccc(OCCCN2CCN(C(=O)O)CC2)c(Cl)c1. The van der Waals surface area contributed by atoms with Gasteiger partial charge in [-0.25, -0.2) is 4.79 Å². The lowest BCUT2D eigenvalue weighted by Crippen LogP contribution is -2.48. The van der Waals surface area contributed by atoms with Crippen LogP contribution in [0.5, 0.6) is 5.75 Å². The number of hydrogen-bond acceptors (Lipinski definition) is 4. The molecule has 1 aromatic rings.